The Morgan fingerprint density at radius 3 is 2.76 bits per heavy atom. The first-order valence-corrected chi connectivity index (χ1v) is 6.57. The van der Waals surface area contributed by atoms with E-state index in [1.54, 1.807) is 6.07 Å². The number of aromatic hydroxyl groups is 1. The summed E-state index contributed by atoms with van der Waals surface area (Å²) in [4.78, 5) is 0. The summed E-state index contributed by atoms with van der Waals surface area (Å²) in [7, 11) is 0. The molecule has 0 unspecified atom stereocenters. The van der Waals surface area contributed by atoms with Crippen molar-refractivity contribution < 1.29 is 11.2 Å². The summed E-state index contributed by atoms with van der Waals surface area (Å²) in [5.74, 6) is 1.43. The minimum Gasteiger partial charge on any atom is -0.508 e. The van der Waals surface area contributed by atoms with Crippen molar-refractivity contribution in [3.63, 3.8) is 0 Å². The van der Waals surface area contributed by atoms with Crippen molar-refractivity contribution in [1.29, 1.82) is 0 Å². The van der Waals surface area contributed by atoms with Crippen molar-refractivity contribution >= 4 is 0 Å². The van der Waals surface area contributed by atoms with E-state index in [1.165, 1.54) is 5.56 Å². The zero-order chi connectivity index (χ0) is 12.5. The van der Waals surface area contributed by atoms with Crippen molar-refractivity contribution in [3.8, 4) is 5.75 Å². The highest BCUT2D eigenvalue weighted by molar-refractivity contribution is 5.36. The molecule has 0 saturated carbocycles. The molecule has 2 atom stereocenters. The van der Waals surface area contributed by atoms with E-state index in [1.807, 2.05) is 12.1 Å². The first-order chi connectivity index (χ1) is 8.75. The van der Waals surface area contributed by atoms with E-state index in [0.29, 0.717) is 17.6 Å². The third-order valence-corrected chi connectivity index (χ3v) is 4.14. The minimum atomic E-state index is -0.127. The van der Waals surface area contributed by atoms with Crippen LogP contribution in [0.3, 0.4) is 0 Å². The van der Waals surface area contributed by atoms with Gasteiger partial charge in [0.05, 0.1) is 0 Å². The van der Waals surface area contributed by atoms with Gasteiger partial charge in [-0.2, -0.15) is 0 Å². The second kappa shape index (κ2) is 4.69. The van der Waals surface area contributed by atoms with Gasteiger partial charge in [0.2, 0.25) is 0 Å². The van der Waals surface area contributed by atoms with Gasteiger partial charge in [0.15, 0.2) is 0 Å². The van der Waals surface area contributed by atoms with Gasteiger partial charge in [-0.05, 0) is 67.2 Å². The lowest BCUT2D eigenvalue weighted by Gasteiger charge is -2.33. The molecule has 0 spiro atoms. The maximum Gasteiger partial charge on any atom is 0.115 e. The van der Waals surface area contributed by atoms with Crippen LogP contribution in [0.5, 0.6) is 5.75 Å². The molecule has 1 N–H and O–H groups in total. The molecule has 1 aromatic carbocycles. The predicted octanol–water partition coefficient (Wildman–Crippen LogP) is 2.92. The van der Waals surface area contributed by atoms with Gasteiger partial charge < -0.3 is 9.84 Å². The molecular weight excluding hydrogens is 212 g/mol. The topological polar surface area (TPSA) is 29.5 Å². The Bertz CT molecular complexity index is 427. The summed E-state index contributed by atoms with van der Waals surface area (Å²) in [6, 6.07) is 5.48. The molecule has 1 fully saturated rings. The van der Waals surface area contributed by atoms with Crippen molar-refractivity contribution in [2.75, 3.05) is 13.2 Å². The Morgan fingerprint density at radius 2 is 1.94 bits per heavy atom. The molecular formula is C15H20O2. The van der Waals surface area contributed by atoms with E-state index >= 15 is 0 Å². The van der Waals surface area contributed by atoms with Crippen molar-refractivity contribution in [2.24, 2.45) is 11.8 Å². The van der Waals surface area contributed by atoms with E-state index in [-0.39, 0.29) is 6.40 Å². The summed E-state index contributed by atoms with van der Waals surface area (Å²) in [5.41, 5.74) is 2.29. The standard InChI is InChI=1S/C15H20O2/c16-15-4-3-13-9-12(1-2-14(13)10-15)11-5-7-17-8-6-11/h3-4,10-12,16H,1-2,5-9H2/t12-/m0/s1/i9D/t9-,12-. The Balaban J connectivity index is 1.82. The van der Waals surface area contributed by atoms with E-state index in [9.17, 15) is 5.11 Å². The van der Waals surface area contributed by atoms with Gasteiger partial charge in [0, 0.05) is 14.6 Å². The number of fused-ring (bicyclic) bond motifs is 1. The van der Waals surface area contributed by atoms with Crippen LogP contribution in [0.4, 0.5) is 0 Å². The molecule has 0 radical (unpaired) electrons. The van der Waals surface area contributed by atoms with Crippen LogP contribution in [0.25, 0.3) is 0 Å². The number of phenols is 1. The third kappa shape index (κ3) is 2.32. The van der Waals surface area contributed by atoms with Crippen LogP contribution in [0.15, 0.2) is 18.2 Å². The molecule has 1 aliphatic carbocycles. The van der Waals surface area contributed by atoms with E-state index in [0.717, 1.165) is 44.5 Å². The molecule has 3 rings (SSSR count). The summed E-state index contributed by atoms with van der Waals surface area (Å²) in [6.07, 6.45) is 4.16. The molecule has 2 heteroatoms. The number of aryl methyl sites for hydroxylation is 1. The van der Waals surface area contributed by atoms with E-state index in [2.05, 4.69) is 0 Å². The largest absolute Gasteiger partial charge is 0.508 e. The summed E-state index contributed by atoms with van der Waals surface area (Å²) in [5, 5.41) is 9.51. The molecule has 92 valence electrons. The first-order valence-electron chi connectivity index (χ1n) is 7.15. The highest BCUT2D eigenvalue weighted by Gasteiger charge is 2.27. The van der Waals surface area contributed by atoms with Gasteiger partial charge >= 0.3 is 0 Å². The average molecular weight is 233 g/mol. The zero-order valence-corrected chi connectivity index (χ0v) is 10.1. The molecule has 1 aromatic rings. The number of benzene rings is 1. The fraction of sp³-hybridized carbons (Fsp3) is 0.600. The first kappa shape index (κ1) is 9.95. The Kier molecular flexibility index (Phi) is 2.75. The smallest absolute Gasteiger partial charge is 0.115 e. The monoisotopic (exact) mass is 233 g/mol. The Hall–Kier alpha value is -1.02. The van der Waals surface area contributed by atoms with Crippen LogP contribution in [0.2, 0.25) is 0 Å². The highest BCUT2D eigenvalue weighted by atomic mass is 16.5. The van der Waals surface area contributed by atoms with Gasteiger partial charge in [0.25, 0.3) is 0 Å². The molecule has 0 bridgehead atoms. The number of rotatable bonds is 1. The summed E-state index contributed by atoms with van der Waals surface area (Å²) < 4.78 is 13.9. The maximum atomic E-state index is 9.51. The molecule has 1 aliphatic heterocycles. The molecule has 0 aromatic heterocycles. The summed E-state index contributed by atoms with van der Waals surface area (Å²) >= 11 is 0. The second-order valence-electron chi connectivity index (χ2n) is 5.20. The molecule has 1 saturated heterocycles. The lowest BCUT2D eigenvalue weighted by atomic mass is 9.74. The Labute approximate surface area is 104 Å². The molecule has 2 aliphatic rings. The molecule has 2 nitrogen and oxygen atoms in total. The fourth-order valence-corrected chi connectivity index (χ4v) is 3.12. The normalized spacial score (nSPS) is 30.7. The zero-order valence-electron chi connectivity index (χ0n) is 11.1. The van der Waals surface area contributed by atoms with Gasteiger partial charge in [-0.25, -0.2) is 0 Å². The van der Waals surface area contributed by atoms with Gasteiger partial charge in [0.1, 0.15) is 5.75 Å². The van der Waals surface area contributed by atoms with Crippen LogP contribution < -0.4 is 0 Å². The molecule has 1 heterocycles. The highest BCUT2D eigenvalue weighted by Crippen LogP contribution is 2.35. The van der Waals surface area contributed by atoms with Crippen LogP contribution in [-0.4, -0.2) is 18.3 Å². The summed E-state index contributed by atoms with van der Waals surface area (Å²) in [6.45, 7) is 1.71. The van der Waals surface area contributed by atoms with Crippen LogP contribution >= 0.6 is 0 Å². The second-order valence-corrected chi connectivity index (χ2v) is 5.20. The van der Waals surface area contributed by atoms with E-state index in [4.69, 9.17) is 6.11 Å². The SMILES string of the molecule is [2H][C@@H]1c2ccc(O)cc2CC[C@@H]1C1CCOCC1. The molecule has 17 heavy (non-hydrogen) atoms. The fourth-order valence-electron chi connectivity index (χ4n) is 3.12. The average Bonchev–Trinajstić information content (AvgIpc) is 2.40. The number of hydrogen-bond acceptors (Lipinski definition) is 2. The predicted molar refractivity (Wildman–Crippen MR) is 67.2 cm³/mol. The van der Waals surface area contributed by atoms with Gasteiger partial charge in [-0.15, -0.1) is 0 Å². The van der Waals surface area contributed by atoms with Gasteiger partial charge in [-0.1, -0.05) is 6.07 Å². The van der Waals surface area contributed by atoms with Crippen LogP contribution in [0, 0.1) is 11.8 Å². The number of hydrogen-bond donors (Lipinski definition) is 1. The number of phenolic OH excluding ortho intramolecular Hbond substituents is 1. The Morgan fingerprint density at radius 1 is 1.12 bits per heavy atom. The van der Waals surface area contributed by atoms with Crippen LogP contribution in [-0.2, 0) is 17.6 Å². The lowest BCUT2D eigenvalue weighted by Crippen LogP contribution is -2.27. The van der Waals surface area contributed by atoms with Crippen molar-refractivity contribution in [2.45, 2.75) is 32.1 Å². The maximum absolute atomic E-state index is 9.51. The third-order valence-electron chi connectivity index (χ3n) is 4.14. The van der Waals surface area contributed by atoms with E-state index < -0.39 is 0 Å². The molecule has 0 amide bonds. The quantitative estimate of drug-likeness (QED) is 0.808. The van der Waals surface area contributed by atoms with Gasteiger partial charge in [-0.3, -0.25) is 0 Å². The van der Waals surface area contributed by atoms with Crippen molar-refractivity contribution in [3.05, 3.63) is 29.3 Å². The number of ether oxygens (including phenoxy) is 1. The lowest BCUT2D eigenvalue weighted by molar-refractivity contribution is 0.0439. The van der Waals surface area contributed by atoms with Crippen LogP contribution in [0.1, 0.15) is 31.8 Å². The minimum absolute atomic E-state index is 0.127. The van der Waals surface area contributed by atoms with Crippen molar-refractivity contribution in [1.82, 2.24) is 0 Å².